The van der Waals surface area contributed by atoms with Crippen LogP contribution in [0.15, 0.2) is 30.5 Å². The predicted molar refractivity (Wildman–Crippen MR) is 112 cm³/mol. The highest BCUT2D eigenvalue weighted by atomic mass is 17.1. The summed E-state index contributed by atoms with van der Waals surface area (Å²) in [6.07, 6.45) is 6.54. The lowest BCUT2D eigenvalue weighted by molar-refractivity contribution is -0.253. The van der Waals surface area contributed by atoms with Gasteiger partial charge in [0.25, 0.3) is 0 Å². The lowest BCUT2D eigenvalue weighted by Crippen LogP contribution is -2.34. The van der Waals surface area contributed by atoms with Gasteiger partial charge in [0.1, 0.15) is 6.61 Å². The number of aromatic nitrogens is 1. The number of hydrogen-bond acceptors (Lipinski definition) is 3. The molecule has 1 aromatic carbocycles. The van der Waals surface area contributed by atoms with Crippen molar-refractivity contribution < 1.29 is 10.1 Å². The van der Waals surface area contributed by atoms with E-state index >= 15 is 0 Å². The summed E-state index contributed by atoms with van der Waals surface area (Å²) in [7, 11) is 0. The third kappa shape index (κ3) is 3.99. The van der Waals surface area contributed by atoms with Gasteiger partial charge in [-0.05, 0) is 77.0 Å². The molecular formula is C24H31NO2. The molecule has 0 bridgehead atoms. The monoisotopic (exact) mass is 365 g/mol. The van der Waals surface area contributed by atoms with Crippen molar-refractivity contribution in [2.75, 3.05) is 0 Å². The molecule has 0 amide bonds. The Labute approximate surface area is 163 Å². The minimum atomic E-state index is 0.109. The van der Waals surface area contributed by atoms with Gasteiger partial charge in [0.2, 0.25) is 0 Å². The third-order valence-corrected chi connectivity index (χ3v) is 6.10. The molecule has 0 radical (unpaired) electrons. The van der Waals surface area contributed by atoms with E-state index < -0.39 is 0 Å². The van der Waals surface area contributed by atoms with E-state index in [-0.39, 0.29) is 17.4 Å². The first-order valence-corrected chi connectivity index (χ1v) is 9.70. The SMILES string of the molecule is C/C(=C/c1cc2c(cc1C)C(C)(C)CCC2(C)C)c1ccc(COO)nc1. The van der Waals surface area contributed by atoms with Gasteiger partial charge in [-0.3, -0.25) is 10.2 Å². The van der Waals surface area contributed by atoms with Gasteiger partial charge in [-0.25, -0.2) is 4.89 Å². The van der Waals surface area contributed by atoms with Crippen LogP contribution in [0.4, 0.5) is 0 Å². The number of allylic oxidation sites excluding steroid dienone is 1. The summed E-state index contributed by atoms with van der Waals surface area (Å²) in [6.45, 7) is 13.9. The molecule has 1 aliphatic rings. The minimum Gasteiger partial charge on any atom is -0.258 e. The predicted octanol–water partition coefficient (Wildman–Crippen LogP) is 6.29. The Balaban J connectivity index is 2.01. The maximum Gasteiger partial charge on any atom is 0.124 e. The van der Waals surface area contributed by atoms with Gasteiger partial charge in [-0.1, -0.05) is 52.0 Å². The van der Waals surface area contributed by atoms with Gasteiger partial charge in [-0.15, -0.1) is 0 Å². The highest BCUT2D eigenvalue weighted by molar-refractivity contribution is 5.81. The highest BCUT2D eigenvalue weighted by Gasteiger charge is 2.37. The molecule has 3 heteroatoms. The second-order valence-corrected chi connectivity index (χ2v) is 9.16. The summed E-state index contributed by atoms with van der Waals surface area (Å²) in [5, 5.41) is 8.55. The van der Waals surface area contributed by atoms with Crippen LogP contribution >= 0.6 is 0 Å². The van der Waals surface area contributed by atoms with Crippen LogP contribution in [-0.2, 0) is 22.3 Å². The molecule has 3 nitrogen and oxygen atoms in total. The summed E-state index contributed by atoms with van der Waals surface area (Å²) < 4.78 is 0. The van der Waals surface area contributed by atoms with Crippen molar-refractivity contribution in [3.8, 4) is 0 Å². The van der Waals surface area contributed by atoms with E-state index in [4.69, 9.17) is 5.26 Å². The van der Waals surface area contributed by atoms with Gasteiger partial charge >= 0.3 is 0 Å². The molecule has 0 fully saturated rings. The van der Waals surface area contributed by atoms with Crippen LogP contribution < -0.4 is 0 Å². The quantitative estimate of drug-likeness (QED) is 0.511. The number of aryl methyl sites for hydroxylation is 1. The molecule has 1 heterocycles. The van der Waals surface area contributed by atoms with E-state index in [0.29, 0.717) is 5.69 Å². The topological polar surface area (TPSA) is 42.4 Å². The molecule has 1 aromatic heterocycles. The van der Waals surface area contributed by atoms with Crippen molar-refractivity contribution >= 4 is 11.6 Å². The van der Waals surface area contributed by atoms with Crippen molar-refractivity contribution in [3.05, 3.63) is 64.0 Å². The second-order valence-electron chi connectivity index (χ2n) is 9.16. The number of fused-ring (bicyclic) bond motifs is 1. The Hall–Kier alpha value is -1.97. The van der Waals surface area contributed by atoms with Crippen LogP contribution in [0.2, 0.25) is 0 Å². The molecule has 144 valence electrons. The van der Waals surface area contributed by atoms with E-state index in [1.807, 2.05) is 18.3 Å². The Morgan fingerprint density at radius 2 is 1.74 bits per heavy atom. The molecule has 1 N–H and O–H groups in total. The standard InChI is InChI=1S/C24H31NO2/c1-16(18-7-8-20(15-27-26)25-14-18)11-19-13-22-21(12-17(19)2)23(3,4)9-10-24(22,5)6/h7-8,11-14,26H,9-10,15H2,1-6H3/b16-11-. The van der Waals surface area contributed by atoms with E-state index in [0.717, 1.165) is 5.56 Å². The molecule has 1 aliphatic carbocycles. The Morgan fingerprint density at radius 3 is 2.30 bits per heavy atom. The van der Waals surface area contributed by atoms with Crippen LogP contribution in [0.25, 0.3) is 11.6 Å². The van der Waals surface area contributed by atoms with Crippen LogP contribution in [0.1, 0.15) is 81.0 Å². The normalized spacial score (nSPS) is 18.3. The summed E-state index contributed by atoms with van der Waals surface area (Å²) in [5.74, 6) is 0. The number of benzene rings is 1. The Kier molecular flexibility index (Phi) is 5.29. The van der Waals surface area contributed by atoms with Gasteiger partial charge in [0, 0.05) is 6.20 Å². The zero-order chi connectivity index (χ0) is 19.8. The first-order chi connectivity index (χ1) is 12.6. The maximum absolute atomic E-state index is 8.55. The van der Waals surface area contributed by atoms with Gasteiger partial charge in [0.15, 0.2) is 0 Å². The molecule has 0 saturated carbocycles. The fourth-order valence-corrected chi connectivity index (χ4v) is 4.02. The average molecular weight is 366 g/mol. The molecule has 3 rings (SSSR count). The summed E-state index contributed by atoms with van der Waals surface area (Å²) in [4.78, 5) is 8.49. The van der Waals surface area contributed by atoms with Crippen molar-refractivity contribution in [3.63, 3.8) is 0 Å². The Bertz CT molecular complexity index is 861. The Morgan fingerprint density at radius 1 is 1.11 bits per heavy atom. The summed E-state index contributed by atoms with van der Waals surface area (Å²) >= 11 is 0. The van der Waals surface area contributed by atoms with Crippen molar-refractivity contribution in [2.45, 2.75) is 71.8 Å². The van der Waals surface area contributed by atoms with Crippen LogP contribution in [0, 0.1) is 6.92 Å². The zero-order valence-electron chi connectivity index (χ0n) is 17.4. The largest absolute Gasteiger partial charge is 0.258 e. The zero-order valence-corrected chi connectivity index (χ0v) is 17.4. The number of rotatable bonds is 4. The van der Waals surface area contributed by atoms with E-state index in [2.05, 4.69) is 69.6 Å². The lowest BCUT2D eigenvalue weighted by atomic mass is 9.62. The molecular weight excluding hydrogens is 334 g/mol. The maximum atomic E-state index is 8.55. The molecule has 0 unspecified atom stereocenters. The lowest BCUT2D eigenvalue weighted by Gasteiger charge is -2.42. The molecule has 0 atom stereocenters. The number of pyridine rings is 1. The van der Waals surface area contributed by atoms with Crippen molar-refractivity contribution in [2.24, 2.45) is 0 Å². The van der Waals surface area contributed by atoms with Crippen molar-refractivity contribution in [1.82, 2.24) is 4.98 Å². The van der Waals surface area contributed by atoms with Crippen molar-refractivity contribution in [1.29, 1.82) is 0 Å². The number of hydrogen-bond donors (Lipinski definition) is 1. The summed E-state index contributed by atoms with van der Waals surface area (Å²) in [6, 6.07) is 8.70. The fourth-order valence-electron chi connectivity index (χ4n) is 4.02. The van der Waals surface area contributed by atoms with E-state index in [1.54, 1.807) is 0 Å². The molecule has 2 aromatic rings. The second kappa shape index (κ2) is 7.21. The smallest absolute Gasteiger partial charge is 0.124 e. The first-order valence-electron chi connectivity index (χ1n) is 9.70. The molecule has 0 saturated heterocycles. The van der Waals surface area contributed by atoms with Crippen LogP contribution in [0.3, 0.4) is 0 Å². The fraction of sp³-hybridized carbons (Fsp3) is 0.458. The number of nitrogens with zero attached hydrogens (tertiary/aromatic N) is 1. The van der Waals surface area contributed by atoms with Crippen LogP contribution in [-0.4, -0.2) is 10.2 Å². The highest BCUT2D eigenvalue weighted by Crippen LogP contribution is 2.46. The average Bonchev–Trinajstić information content (AvgIpc) is 2.61. The van der Waals surface area contributed by atoms with Gasteiger partial charge in [0.05, 0.1) is 5.69 Å². The molecule has 0 aliphatic heterocycles. The van der Waals surface area contributed by atoms with Crippen LogP contribution in [0.5, 0.6) is 0 Å². The molecule has 0 spiro atoms. The summed E-state index contributed by atoms with van der Waals surface area (Å²) in [5.41, 5.74) is 8.99. The third-order valence-electron chi connectivity index (χ3n) is 6.10. The molecule has 27 heavy (non-hydrogen) atoms. The van der Waals surface area contributed by atoms with E-state index in [1.165, 1.54) is 40.7 Å². The van der Waals surface area contributed by atoms with Gasteiger partial charge < -0.3 is 0 Å². The van der Waals surface area contributed by atoms with E-state index in [9.17, 15) is 0 Å². The minimum absolute atomic E-state index is 0.109. The first kappa shape index (κ1) is 19.8. The van der Waals surface area contributed by atoms with Gasteiger partial charge in [-0.2, -0.15) is 0 Å².